The first kappa shape index (κ1) is 14.4. The van der Waals surface area contributed by atoms with Crippen LogP contribution < -0.4 is 10.5 Å². The Kier molecular flexibility index (Phi) is 4.83. The first-order valence-electron chi connectivity index (χ1n) is 7.26. The number of para-hydroxylation sites is 1. The van der Waals surface area contributed by atoms with Gasteiger partial charge in [-0.05, 0) is 45.2 Å². The molecule has 3 unspecified atom stereocenters. The van der Waals surface area contributed by atoms with Crippen molar-refractivity contribution in [3.8, 4) is 5.75 Å². The highest BCUT2D eigenvalue weighted by atomic mass is 16.5. The third kappa shape index (κ3) is 3.28. The van der Waals surface area contributed by atoms with Crippen LogP contribution in [0.1, 0.15) is 38.3 Å². The van der Waals surface area contributed by atoms with E-state index >= 15 is 0 Å². The molecule has 1 aliphatic heterocycles. The molecule has 106 valence electrons. The summed E-state index contributed by atoms with van der Waals surface area (Å²) >= 11 is 0. The quantitative estimate of drug-likeness (QED) is 0.907. The zero-order chi connectivity index (χ0) is 13.8. The van der Waals surface area contributed by atoms with Gasteiger partial charge in [-0.1, -0.05) is 18.2 Å². The van der Waals surface area contributed by atoms with Crippen LogP contribution in [0.4, 0.5) is 0 Å². The summed E-state index contributed by atoms with van der Waals surface area (Å²) in [6.45, 7) is 6.64. The minimum Gasteiger partial charge on any atom is -0.496 e. The molecule has 19 heavy (non-hydrogen) atoms. The molecule has 1 aliphatic rings. The van der Waals surface area contributed by atoms with Crippen molar-refractivity contribution >= 4 is 0 Å². The Morgan fingerprint density at radius 2 is 2.05 bits per heavy atom. The number of piperidine rings is 1. The number of hydrogen-bond acceptors (Lipinski definition) is 3. The van der Waals surface area contributed by atoms with Crippen molar-refractivity contribution in [1.82, 2.24) is 4.90 Å². The molecule has 0 bridgehead atoms. The predicted octanol–water partition coefficient (Wildman–Crippen LogP) is 2.82. The molecule has 3 heteroatoms. The van der Waals surface area contributed by atoms with Gasteiger partial charge in [0.15, 0.2) is 0 Å². The molecule has 0 aromatic heterocycles. The standard InChI is InChI=1S/C16H26N2O/c1-12(17)14-7-6-10-18(11-14)13(2)15-8-4-5-9-16(15)19-3/h4-5,8-9,12-14H,6-7,10-11,17H2,1-3H3. The predicted molar refractivity (Wildman–Crippen MR) is 79.4 cm³/mol. The summed E-state index contributed by atoms with van der Waals surface area (Å²) in [5, 5.41) is 0. The van der Waals surface area contributed by atoms with Crippen LogP contribution in [-0.4, -0.2) is 31.1 Å². The molecule has 3 atom stereocenters. The van der Waals surface area contributed by atoms with Crippen LogP contribution in [-0.2, 0) is 0 Å². The normalized spacial score (nSPS) is 23.9. The SMILES string of the molecule is COc1ccccc1C(C)N1CCCC(C(C)N)C1. The topological polar surface area (TPSA) is 38.5 Å². The minimum absolute atomic E-state index is 0.285. The summed E-state index contributed by atoms with van der Waals surface area (Å²) in [6, 6.07) is 8.99. The summed E-state index contributed by atoms with van der Waals surface area (Å²) in [4.78, 5) is 2.54. The van der Waals surface area contributed by atoms with E-state index in [1.165, 1.54) is 18.4 Å². The largest absolute Gasteiger partial charge is 0.496 e. The molecular weight excluding hydrogens is 236 g/mol. The maximum atomic E-state index is 6.07. The van der Waals surface area contributed by atoms with E-state index in [9.17, 15) is 0 Å². The molecule has 0 radical (unpaired) electrons. The number of nitrogens with zero attached hydrogens (tertiary/aromatic N) is 1. The Labute approximate surface area is 116 Å². The highest BCUT2D eigenvalue weighted by Crippen LogP contribution is 2.32. The number of likely N-dealkylation sites (tertiary alicyclic amines) is 1. The molecule has 1 fully saturated rings. The minimum atomic E-state index is 0.285. The third-order valence-corrected chi connectivity index (χ3v) is 4.37. The fourth-order valence-electron chi connectivity index (χ4n) is 3.03. The lowest BCUT2D eigenvalue weighted by atomic mass is 9.90. The second kappa shape index (κ2) is 6.40. The Morgan fingerprint density at radius 1 is 1.32 bits per heavy atom. The third-order valence-electron chi connectivity index (χ3n) is 4.37. The van der Waals surface area contributed by atoms with Crippen LogP contribution in [0.25, 0.3) is 0 Å². The van der Waals surface area contributed by atoms with Crippen molar-refractivity contribution in [2.45, 2.75) is 38.8 Å². The molecule has 0 amide bonds. The molecule has 2 rings (SSSR count). The van der Waals surface area contributed by atoms with Gasteiger partial charge in [0.05, 0.1) is 7.11 Å². The van der Waals surface area contributed by atoms with Gasteiger partial charge in [-0.15, -0.1) is 0 Å². The molecule has 3 nitrogen and oxygen atoms in total. The lowest BCUT2D eigenvalue weighted by Crippen LogP contribution is -2.43. The average Bonchev–Trinajstić information content (AvgIpc) is 2.46. The van der Waals surface area contributed by atoms with Gasteiger partial charge in [0.25, 0.3) is 0 Å². The van der Waals surface area contributed by atoms with Gasteiger partial charge in [-0.2, -0.15) is 0 Å². The number of benzene rings is 1. The average molecular weight is 262 g/mol. The number of rotatable bonds is 4. The molecule has 1 aromatic rings. The van der Waals surface area contributed by atoms with E-state index < -0.39 is 0 Å². The molecular formula is C16H26N2O. The van der Waals surface area contributed by atoms with Crippen molar-refractivity contribution in [3.05, 3.63) is 29.8 Å². The van der Waals surface area contributed by atoms with Gasteiger partial charge < -0.3 is 10.5 Å². The summed E-state index contributed by atoms with van der Waals surface area (Å²) in [5.41, 5.74) is 7.35. The maximum absolute atomic E-state index is 6.07. The van der Waals surface area contributed by atoms with Crippen molar-refractivity contribution in [2.75, 3.05) is 20.2 Å². The number of nitrogens with two attached hydrogens (primary N) is 1. The van der Waals surface area contributed by atoms with E-state index in [0.717, 1.165) is 18.8 Å². The molecule has 1 heterocycles. The lowest BCUT2D eigenvalue weighted by molar-refractivity contribution is 0.120. The molecule has 1 saturated heterocycles. The van der Waals surface area contributed by atoms with E-state index in [-0.39, 0.29) is 6.04 Å². The van der Waals surface area contributed by atoms with Gasteiger partial charge in [0.1, 0.15) is 5.75 Å². The molecule has 1 aromatic carbocycles. The summed E-state index contributed by atoms with van der Waals surface area (Å²) < 4.78 is 5.48. The van der Waals surface area contributed by atoms with E-state index in [4.69, 9.17) is 10.5 Å². The van der Waals surface area contributed by atoms with Crippen LogP contribution in [0.2, 0.25) is 0 Å². The Bertz CT molecular complexity index is 405. The van der Waals surface area contributed by atoms with Gasteiger partial charge in [-0.3, -0.25) is 4.90 Å². The van der Waals surface area contributed by atoms with Crippen LogP contribution in [0.3, 0.4) is 0 Å². The van der Waals surface area contributed by atoms with Crippen LogP contribution in [0.15, 0.2) is 24.3 Å². The van der Waals surface area contributed by atoms with Crippen molar-refractivity contribution < 1.29 is 4.74 Å². The monoisotopic (exact) mass is 262 g/mol. The zero-order valence-electron chi connectivity index (χ0n) is 12.3. The Hall–Kier alpha value is -1.06. The first-order chi connectivity index (χ1) is 9.13. The highest BCUT2D eigenvalue weighted by molar-refractivity contribution is 5.35. The van der Waals surface area contributed by atoms with Crippen molar-refractivity contribution in [3.63, 3.8) is 0 Å². The highest BCUT2D eigenvalue weighted by Gasteiger charge is 2.27. The fraction of sp³-hybridized carbons (Fsp3) is 0.625. The molecule has 0 aliphatic carbocycles. The van der Waals surface area contributed by atoms with Gasteiger partial charge in [0, 0.05) is 24.2 Å². The van der Waals surface area contributed by atoms with Gasteiger partial charge in [0.2, 0.25) is 0 Å². The molecule has 2 N–H and O–H groups in total. The summed E-state index contributed by atoms with van der Waals surface area (Å²) in [5.74, 6) is 1.60. The molecule has 0 spiro atoms. The fourth-order valence-corrected chi connectivity index (χ4v) is 3.03. The smallest absolute Gasteiger partial charge is 0.123 e. The van der Waals surface area contributed by atoms with Gasteiger partial charge >= 0.3 is 0 Å². The van der Waals surface area contributed by atoms with E-state index in [1.807, 2.05) is 12.1 Å². The lowest BCUT2D eigenvalue weighted by Gasteiger charge is -2.38. The second-order valence-electron chi connectivity index (χ2n) is 5.67. The number of ether oxygens (including phenoxy) is 1. The van der Waals surface area contributed by atoms with Crippen LogP contribution in [0.5, 0.6) is 5.75 Å². The maximum Gasteiger partial charge on any atom is 0.123 e. The molecule has 0 saturated carbocycles. The van der Waals surface area contributed by atoms with E-state index in [2.05, 4.69) is 30.9 Å². The summed E-state index contributed by atoms with van der Waals surface area (Å²) in [6.07, 6.45) is 2.50. The zero-order valence-corrected chi connectivity index (χ0v) is 12.3. The second-order valence-corrected chi connectivity index (χ2v) is 5.67. The van der Waals surface area contributed by atoms with Crippen molar-refractivity contribution in [1.29, 1.82) is 0 Å². The van der Waals surface area contributed by atoms with Crippen LogP contribution >= 0.6 is 0 Å². The van der Waals surface area contributed by atoms with E-state index in [1.54, 1.807) is 7.11 Å². The van der Waals surface area contributed by atoms with Gasteiger partial charge in [-0.25, -0.2) is 0 Å². The summed E-state index contributed by atoms with van der Waals surface area (Å²) in [7, 11) is 1.74. The Balaban J connectivity index is 2.12. The number of hydrogen-bond donors (Lipinski definition) is 1. The van der Waals surface area contributed by atoms with Crippen molar-refractivity contribution in [2.24, 2.45) is 11.7 Å². The Morgan fingerprint density at radius 3 is 2.74 bits per heavy atom. The van der Waals surface area contributed by atoms with E-state index in [0.29, 0.717) is 12.0 Å². The van der Waals surface area contributed by atoms with Crippen LogP contribution in [0, 0.1) is 5.92 Å². The first-order valence-corrected chi connectivity index (χ1v) is 7.26. The number of methoxy groups -OCH3 is 1.